The second-order valence-corrected chi connectivity index (χ2v) is 4.55. The van der Waals surface area contributed by atoms with Crippen LogP contribution in [0, 0.1) is 0 Å². The molecule has 0 atom stereocenters. The van der Waals surface area contributed by atoms with Crippen LogP contribution < -0.4 is 11.1 Å². The molecule has 0 unspecified atom stereocenters. The molecule has 1 rings (SSSR count). The Balaban J connectivity index is 2.38. The number of hydrogen-bond acceptors (Lipinski definition) is 3. The van der Waals surface area contributed by atoms with Gasteiger partial charge in [0.2, 0.25) is 0 Å². The summed E-state index contributed by atoms with van der Waals surface area (Å²) in [5.74, 6) is -0.0639. The van der Waals surface area contributed by atoms with E-state index in [0.717, 1.165) is 0 Å². The standard InChI is InChI=1S/C9H10ClF3N2S/c10-6-1-2-8(7(14)5-6)15-3-4-16-9(11,12)13/h1-2,5,15H,3-4,14H2. The predicted molar refractivity (Wildman–Crippen MR) is 62.9 cm³/mol. The molecule has 3 N–H and O–H groups in total. The smallest absolute Gasteiger partial charge is 0.397 e. The monoisotopic (exact) mass is 270 g/mol. The molecular formula is C9H10ClF3N2S. The Bertz CT molecular complexity index is 357. The minimum Gasteiger partial charge on any atom is -0.397 e. The largest absolute Gasteiger partial charge is 0.441 e. The zero-order valence-electron chi connectivity index (χ0n) is 8.14. The first-order valence-corrected chi connectivity index (χ1v) is 5.74. The summed E-state index contributed by atoms with van der Waals surface area (Å²) in [5, 5.41) is 3.30. The summed E-state index contributed by atoms with van der Waals surface area (Å²) < 4.78 is 35.4. The van der Waals surface area contributed by atoms with Crippen LogP contribution in [0.3, 0.4) is 0 Å². The van der Waals surface area contributed by atoms with Gasteiger partial charge in [0.05, 0.1) is 11.4 Å². The minimum atomic E-state index is -4.19. The van der Waals surface area contributed by atoms with E-state index in [9.17, 15) is 13.2 Å². The lowest BCUT2D eigenvalue weighted by atomic mass is 10.3. The van der Waals surface area contributed by atoms with Crippen molar-refractivity contribution in [2.75, 3.05) is 23.3 Å². The quantitative estimate of drug-likeness (QED) is 0.649. The van der Waals surface area contributed by atoms with Crippen LogP contribution >= 0.6 is 23.4 Å². The molecule has 1 aromatic rings. The predicted octanol–water partition coefficient (Wildman–Crippen LogP) is 3.59. The summed E-state index contributed by atoms with van der Waals surface area (Å²) >= 11 is 5.61. The lowest BCUT2D eigenvalue weighted by Crippen LogP contribution is -2.10. The number of alkyl halides is 3. The lowest BCUT2D eigenvalue weighted by molar-refractivity contribution is -0.0327. The van der Waals surface area contributed by atoms with Gasteiger partial charge in [-0.05, 0) is 30.0 Å². The summed E-state index contributed by atoms with van der Waals surface area (Å²) in [7, 11) is 0. The van der Waals surface area contributed by atoms with E-state index >= 15 is 0 Å². The van der Waals surface area contributed by atoms with E-state index < -0.39 is 5.51 Å². The average Bonchev–Trinajstić information content (AvgIpc) is 2.13. The van der Waals surface area contributed by atoms with E-state index in [1.807, 2.05) is 0 Å². The number of nitrogen functional groups attached to an aromatic ring is 1. The van der Waals surface area contributed by atoms with Crippen molar-refractivity contribution in [2.24, 2.45) is 0 Å². The summed E-state index contributed by atoms with van der Waals surface area (Å²) in [4.78, 5) is 0. The van der Waals surface area contributed by atoms with Gasteiger partial charge in [0.25, 0.3) is 0 Å². The molecule has 0 aliphatic carbocycles. The molecule has 0 fully saturated rings. The maximum Gasteiger partial charge on any atom is 0.441 e. The number of rotatable bonds is 4. The SMILES string of the molecule is Nc1cc(Cl)ccc1NCCSC(F)(F)F. The zero-order chi connectivity index (χ0) is 12.2. The number of thioether (sulfide) groups is 1. The Morgan fingerprint density at radius 2 is 2.06 bits per heavy atom. The van der Waals surface area contributed by atoms with Crippen LogP contribution in [0.25, 0.3) is 0 Å². The van der Waals surface area contributed by atoms with Crippen molar-refractivity contribution in [1.29, 1.82) is 0 Å². The normalized spacial score (nSPS) is 11.5. The van der Waals surface area contributed by atoms with Crippen LogP contribution in [0.2, 0.25) is 5.02 Å². The molecule has 0 aliphatic rings. The van der Waals surface area contributed by atoms with Gasteiger partial charge < -0.3 is 11.1 Å². The van der Waals surface area contributed by atoms with Crippen LogP contribution in [0.5, 0.6) is 0 Å². The van der Waals surface area contributed by atoms with Crippen molar-refractivity contribution in [3.05, 3.63) is 23.2 Å². The molecule has 16 heavy (non-hydrogen) atoms. The van der Waals surface area contributed by atoms with Crippen molar-refractivity contribution < 1.29 is 13.2 Å². The third-order valence-corrected chi connectivity index (χ3v) is 2.67. The highest BCUT2D eigenvalue weighted by Gasteiger charge is 2.27. The molecule has 90 valence electrons. The first-order chi connectivity index (χ1) is 7.38. The third-order valence-electron chi connectivity index (χ3n) is 1.70. The topological polar surface area (TPSA) is 38.0 Å². The Labute approximate surface area is 100 Å². The number of anilines is 2. The Kier molecular flexibility index (Phi) is 4.61. The molecule has 0 saturated carbocycles. The highest BCUT2D eigenvalue weighted by molar-refractivity contribution is 8.00. The fourth-order valence-electron chi connectivity index (χ4n) is 1.05. The second kappa shape index (κ2) is 5.54. The van der Waals surface area contributed by atoms with Crippen LogP contribution in [-0.2, 0) is 0 Å². The summed E-state index contributed by atoms with van der Waals surface area (Å²) in [6, 6.07) is 4.80. The van der Waals surface area contributed by atoms with Crippen molar-refractivity contribution in [1.82, 2.24) is 0 Å². The number of nitrogens with two attached hydrogens (primary N) is 1. The lowest BCUT2D eigenvalue weighted by Gasteiger charge is -2.10. The maximum absolute atomic E-state index is 11.8. The second-order valence-electron chi connectivity index (χ2n) is 2.95. The Hall–Kier alpha value is -0.750. The number of benzene rings is 1. The van der Waals surface area contributed by atoms with Gasteiger partial charge in [-0.2, -0.15) is 13.2 Å². The Morgan fingerprint density at radius 1 is 1.38 bits per heavy atom. The van der Waals surface area contributed by atoms with Gasteiger partial charge in [0, 0.05) is 17.3 Å². The molecule has 1 aromatic carbocycles. The molecule has 0 saturated heterocycles. The number of nitrogens with one attached hydrogen (secondary N) is 1. The molecular weight excluding hydrogens is 261 g/mol. The van der Waals surface area contributed by atoms with Gasteiger partial charge in [-0.1, -0.05) is 11.6 Å². The summed E-state index contributed by atoms with van der Waals surface area (Å²) in [6.07, 6.45) is 0. The summed E-state index contributed by atoms with van der Waals surface area (Å²) in [5.41, 5.74) is 2.44. The van der Waals surface area contributed by atoms with Crippen LogP contribution in [0.1, 0.15) is 0 Å². The van der Waals surface area contributed by atoms with Gasteiger partial charge in [-0.3, -0.25) is 0 Å². The highest BCUT2D eigenvalue weighted by atomic mass is 35.5. The van der Waals surface area contributed by atoms with Crippen LogP contribution in [-0.4, -0.2) is 17.8 Å². The van der Waals surface area contributed by atoms with Crippen LogP contribution in [0.4, 0.5) is 24.5 Å². The van der Waals surface area contributed by atoms with Crippen molar-refractivity contribution in [3.63, 3.8) is 0 Å². The van der Waals surface area contributed by atoms with Crippen molar-refractivity contribution in [3.8, 4) is 0 Å². The van der Waals surface area contributed by atoms with Gasteiger partial charge in [0.1, 0.15) is 0 Å². The van der Waals surface area contributed by atoms with Crippen molar-refractivity contribution in [2.45, 2.75) is 5.51 Å². The van der Waals surface area contributed by atoms with Gasteiger partial charge in [-0.15, -0.1) is 0 Å². The highest BCUT2D eigenvalue weighted by Crippen LogP contribution is 2.30. The molecule has 0 spiro atoms. The summed E-state index contributed by atoms with van der Waals surface area (Å²) in [6.45, 7) is 0.190. The van der Waals surface area contributed by atoms with E-state index in [0.29, 0.717) is 16.4 Å². The molecule has 0 aromatic heterocycles. The fraction of sp³-hybridized carbons (Fsp3) is 0.333. The van der Waals surface area contributed by atoms with E-state index in [-0.39, 0.29) is 24.1 Å². The van der Waals surface area contributed by atoms with Gasteiger partial charge in [0.15, 0.2) is 0 Å². The average molecular weight is 271 g/mol. The Morgan fingerprint density at radius 3 is 2.62 bits per heavy atom. The third kappa shape index (κ3) is 4.85. The zero-order valence-corrected chi connectivity index (χ0v) is 9.72. The van der Waals surface area contributed by atoms with Gasteiger partial charge >= 0.3 is 5.51 Å². The molecule has 0 radical (unpaired) electrons. The molecule has 0 bridgehead atoms. The van der Waals surface area contributed by atoms with Crippen molar-refractivity contribution >= 4 is 34.7 Å². The van der Waals surface area contributed by atoms with E-state index in [2.05, 4.69) is 5.32 Å². The molecule has 7 heteroatoms. The van der Waals surface area contributed by atoms with E-state index in [1.165, 1.54) is 0 Å². The number of hydrogen-bond donors (Lipinski definition) is 2. The van der Waals surface area contributed by atoms with Gasteiger partial charge in [-0.25, -0.2) is 0 Å². The molecule has 0 heterocycles. The first kappa shape index (κ1) is 13.3. The van der Waals surface area contributed by atoms with E-state index in [4.69, 9.17) is 17.3 Å². The van der Waals surface area contributed by atoms with Crippen LogP contribution in [0.15, 0.2) is 18.2 Å². The first-order valence-electron chi connectivity index (χ1n) is 4.38. The molecule has 0 aliphatic heterocycles. The fourth-order valence-corrected chi connectivity index (χ4v) is 1.66. The van der Waals surface area contributed by atoms with E-state index in [1.54, 1.807) is 18.2 Å². The molecule has 2 nitrogen and oxygen atoms in total. The minimum absolute atomic E-state index is 0.0639. The number of halogens is 4. The molecule has 0 amide bonds. The maximum atomic E-state index is 11.8.